The van der Waals surface area contributed by atoms with Crippen molar-refractivity contribution in [2.75, 3.05) is 13.2 Å². The van der Waals surface area contributed by atoms with E-state index >= 15 is 0 Å². The van der Waals surface area contributed by atoms with Crippen LogP contribution in [0.4, 0.5) is 0 Å². The van der Waals surface area contributed by atoms with E-state index in [0.717, 1.165) is 10.9 Å². The maximum Gasteiger partial charge on any atom is 0.326 e. The Morgan fingerprint density at radius 3 is 1.96 bits per heavy atom. The number of carbonyl (C=O) groups is 10. The van der Waals surface area contributed by atoms with Crippen LogP contribution in [-0.4, -0.2) is 146 Å². The van der Waals surface area contributed by atoms with Crippen molar-refractivity contribution in [2.45, 2.75) is 127 Å². The number of phenolic OH excluding ortho intramolecular Hbond substituents is 1. The fourth-order valence-electron chi connectivity index (χ4n) is 8.15. The van der Waals surface area contributed by atoms with E-state index in [-0.39, 0.29) is 38.0 Å². The Labute approximate surface area is 415 Å². The second-order valence-electron chi connectivity index (χ2n) is 18.3. The zero-order chi connectivity index (χ0) is 53.4. The van der Waals surface area contributed by atoms with Gasteiger partial charge in [0.05, 0.1) is 13.0 Å². The third kappa shape index (κ3) is 16.0. The van der Waals surface area contributed by atoms with E-state index in [1.807, 2.05) is 18.2 Å². The summed E-state index contributed by atoms with van der Waals surface area (Å²) in [6.45, 7) is 6.04. The average Bonchev–Trinajstić information content (AvgIpc) is 4.00. The van der Waals surface area contributed by atoms with Gasteiger partial charge in [0.1, 0.15) is 54.1 Å². The molecule has 1 aliphatic rings. The number of phenols is 1. The zero-order valence-corrected chi connectivity index (χ0v) is 40.6. The Morgan fingerprint density at radius 2 is 1.35 bits per heavy atom. The predicted octanol–water partition coefficient (Wildman–Crippen LogP) is -2.19. The summed E-state index contributed by atoms with van der Waals surface area (Å²) in [7, 11) is 0. The van der Waals surface area contributed by atoms with Crippen LogP contribution in [0.25, 0.3) is 10.9 Å². The number of aliphatic hydroxyl groups is 1. The summed E-state index contributed by atoms with van der Waals surface area (Å²) in [4.78, 5) is 137. The molecule has 4 rings (SSSR count). The molecule has 2 aromatic carbocycles. The van der Waals surface area contributed by atoms with Gasteiger partial charge in [0.25, 0.3) is 0 Å². The van der Waals surface area contributed by atoms with Gasteiger partial charge in [0.15, 0.2) is 0 Å². The van der Waals surface area contributed by atoms with Gasteiger partial charge >= 0.3 is 5.97 Å². The molecule has 0 spiro atoms. The summed E-state index contributed by atoms with van der Waals surface area (Å²) >= 11 is 0. The van der Waals surface area contributed by atoms with Gasteiger partial charge in [-0.25, -0.2) is 4.79 Å². The van der Waals surface area contributed by atoms with Crippen LogP contribution in [0.3, 0.4) is 0 Å². The number of carboxylic acid groups (broad SMARTS) is 1. The summed E-state index contributed by atoms with van der Waals surface area (Å²) in [5.74, 6) is -10.5. The number of aromatic hydroxyl groups is 1. The number of hydrogen-bond acceptors (Lipinski definition) is 13. The number of amides is 9. The number of nitrogens with one attached hydrogen (secondary N) is 7. The molecule has 0 bridgehead atoms. The topological polar surface area (TPSA) is 401 Å². The van der Waals surface area contributed by atoms with Gasteiger partial charge < -0.3 is 74.3 Å². The second-order valence-corrected chi connectivity index (χ2v) is 18.3. The molecule has 1 saturated heterocycles. The first-order valence-electron chi connectivity index (χ1n) is 23.7. The highest BCUT2D eigenvalue weighted by Gasteiger charge is 2.41. The van der Waals surface area contributed by atoms with Gasteiger partial charge in [-0.3, -0.25) is 43.2 Å². The highest BCUT2D eigenvalue weighted by Crippen LogP contribution is 2.23. The molecular weight excluding hydrogens is 939 g/mol. The first kappa shape index (κ1) is 57.0. The number of primary amides is 2. The van der Waals surface area contributed by atoms with E-state index < -0.39 is 139 Å². The molecule has 2 heterocycles. The van der Waals surface area contributed by atoms with Crippen LogP contribution >= 0.6 is 0 Å². The van der Waals surface area contributed by atoms with E-state index in [0.29, 0.717) is 24.0 Å². The molecule has 3 aromatic rings. The number of fused-ring (bicyclic) bond motifs is 1. The number of nitrogens with two attached hydrogens (primary N) is 3. The molecule has 1 aromatic heterocycles. The van der Waals surface area contributed by atoms with Crippen molar-refractivity contribution in [1.29, 1.82) is 0 Å². The molecule has 9 amide bonds. The normalized spacial score (nSPS) is 16.7. The Bertz CT molecular complexity index is 2450. The lowest BCUT2D eigenvalue weighted by molar-refractivity contribution is -0.143. The molecule has 1 fully saturated rings. The van der Waals surface area contributed by atoms with Crippen molar-refractivity contribution < 1.29 is 63.3 Å². The van der Waals surface area contributed by atoms with Crippen LogP contribution in [0.15, 0.2) is 54.7 Å². The number of aromatic nitrogens is 1. The van der Waals surface area contributed by atoms with Crippen LogP contribution in [0.1, 0.15) is 77.3 Å². The minimum absolute atomic E-state index is 0.0244. The molecule has 1 aliphatic heterocycles. The number of H-pyrrole nitrogens is 1. The van der Waals surface area contributed by atoms with E-state index in [2.05, 4.69) is 36.9 Å². The third-order valence-electron chi connectivity index (χ3n) is 12.5. The number of rotatable bonds is 27. The highest BCUT2D eigenvalue weighted by molar-refractivity contribution is 5.99. The molecule has 24 nitrogen and oxygen atoms in total. The Balaban J connectivity index is 1.55. The molecule has 24 heteroatoms. The molecule has 0 radical (unpaired) electrons. The van der Waals surface area contributed by atoms with Crippen LogP contribution in [0.5, 0.6) is 5.75 Å². The fourth-order valence-corrected chi connectivity index (χ4v) is 8.15. The van der Waals surface area contributed by atoms with Crippen LogP contribution in [-0.2, 0) is 60.8 Å². The number of aliphatic carboxylic acids is 1. The summed E-state index contributed by atoms with van der Waals surface area (Å²) in [5.41, 5.74) is 18.2. The fraction of sp³-hybridized carbons (Fsp3) is 0.500. The quantitative estimate of drug-likeness (QED) is 0.0386. The van der Waals surface area contributed by atoms with Gasteiger partial charge in [-0.2, -0.15) is 0 Å². The van der Waals surface area contributed by atoms with E-state index in [9.17, 15) is 63.3 Å². The van der Waals surface area contributed by atoms with Crippen molar-refractivity contribution in [2.24, 2.45) is 29.0 Å². The number of aliphatic hydroxyl groups excluding tert-OH is 1. The Kier molecular flexibility index (Phi) is 21.0. The standard InChI is InChI=1S/C48H67N11O13/c1-5-25(4)40(46(69)57-39(24(2)3)45(68)56-35(48(71)72)20-27-22-52-31-10-7-6-9-29(27)31)58-44(67)36-11-8-18-59(36)47(70)34(19-26-12-14-28(61)15-13-26)55-43(66)33(21-38(51)63)54-42(65)32(16-17-37(50)62)53-41(64)30(49)23-60/h6-7,9-10,12-15,22,24-25,30,32-36,39-40,52,60-61H,5,8,11,16-21,23,49H2,1-4H3,(H2,50,62)(H2,51,63)(H,53,64)(H,54,65)(H,55,66)(H,56,68)(H,57,69)(H,58,67)(H,71,72)/t25-,30-,32-,33-,34-,35-,36-,39-,40-/m0/s1. The van der Waals surface area contributed by atoms with Crippen LogP contribution < -0.4 is 49.1 Å². The zero-order valence-electron chi connectivity index (χ0n) is 40.6. The van der Waals surface area contributed by atoms with Crippen molar-refractivity contribution in [3.8, 4) is 5.75 Å². The number of carbonyl (C=O) groups excluding carboxylic acids is 9. The van der Waals surface area contributed by atoms with E-state index in [4.69, 9.17) is 17.2 Å². The monoisotopic (exact) mass is 1010 g/mol. The van der Waals surface area contributed by atoms with Gasteiger partial charge in [0, 0.05) is 42.9 Å². The summed E-state index contributed by atoms with van der Waals surface area (Å²) in [6, 6.07) is 1.68. The number of likely N-dealkylation sites (tertiary alicyclic amines) is 1. The highest BCUT2D eigenvalue weighted by atomic mass is 16.4. The number of nitrogens with zero attached hydrogens (tertiary/aromatic N) is 1. The smallest absolute Gasteiger partial charge is 0.326 e. The summed E-state index contributed by atoms with van der Waals surface area (Å²) < 4.78 is 0. The maximum absolute atomic E-state index is 14.6. The first-order valence-corrected chi connectivity index (χ1v) is 23.7. The molecule has 0 saturated carbocycles. The Morgan fingerprint density at radius 1 is 0.736 bits per heavy atom. The summed E-state index contributed by atoms with van der Waals surface area (Å²) in [5, 5.41) is 45.3. The third-order valence-corrected chi connectivity index (χ3v) is 12.5. The molecule has 16 N–H and O–H groups in total. The van der Waals surface area contributed by atoms with Gasteiger partial charge in [-0.15, -0.1) is 0 Å². The largest absolute Gasteiger partial charge is 0.508 e. The van der Waals surface area contributed by atoms with E-state index in [1.165, 1.54) is 29.2 Å². The lowest BCUT2D eigenvalue weighted by Crippen LogP contribution is -2.61. The van der Waals surface area contributed by atoms with Crippen molar-refractivity contribution in [1.82, 2.24) is 41.8 Å². The number of carboxylic acids is 1. The lowest BCUT2D eigenvalue weighted by Gasteiger charge is -2.32. The molecule has 72 heavy (non-hydrogen) atoms. The van der Waals surface area contributed by atoms with E-state index in [1.54, 1.807) is 40.0 Å². The SMILES string of the molecule is CC[C@H](C)[C@H](NC(=O)[C@@H]1CCCN1C(=O)[C@H](Cc1ccc(O)cc1)NC(=O)[C@H](CC(N)=O)NC(=O)[C@H](CCC(N)=O)NC(=O)[C@@H](N)CO)C(=O)N[C@H](C(=O)N[C@@H](Cc1c[nH]c2ccccc12)C(=O)O)C(C)C. The molecule has 0 unspecified atom stereocenters. The number of benzene rings is 2. The van der Waals surface area contributed by atoms with Gasteiger partial charge in [-0.05, 0) is 60.4 Å². The first-order chi connectivity index (χ1) is 34.0. The molecule has 9 atom stereocenters. The minimum Gasteiger partial charge on any atom is -0.508 e. The number of aromatic amines is 1. The van der Waals surface area contributed by atoms with Crippen LogP contribution in [0.2, 0.25) is 0 Å². The molecule has 392 valence electrons. The number of hydrogen-bond donors (Lipinski definition) is 13. The van der Waals surface area contributed by atoms with Crippen LogP contribution in [0, 0.1) is 11.8 Å². The van der Waals surface area contributed by atoms with Crippen molar-refractivity contribution in [3.63, 3.8) is 0 Å². The Hall–Kier alpha value is -7.60. The second kappa shape index (κ2) is 26.6. The predicted molar refractivity (Wildman–Crippen MR) is 259 cm³/mol. The van der Waals surface area contributed by atoms with Crippen molar-refractivity contribution in [3.05, 3.63) is 65.9 Å². The number of para-hydroxylation sites is 1. The minimum atomic E-state index is -1.76. The molecular formula is C48H67N11O13. The summed E-state index contributed by atoms with van der Waals surface area (Å²) in [6.07, 6.45) is 0.635. The van der Waals surface area contributed by atoms with Gasteiger partial charge in [-0.1, -0.05) is 64.4 Å². The van der Waals surface area contributed by atoms with Crippen molar-refractivity contribution >= 4 is 70.0 Å². The molecule has 0 aliphatic carbocycles. The maximum atomic E-state index is 14.6. The average molecular weight is 1010 g/mol. The lowest BCUT2D eigenvalue weighted by atomic mass is 9.95. The van der Waals surface area contributed by atoms with Gasteiger partial charge in [0.2, 0.25) is 53.2 Å².